The molecule has 0 N–H and O–H groups in total. The van der Waals surface area contributed by atoms with Gasteiger partial charge in [0.25, 0.3) is 5.56 Å². The summed E-state index contributed by atoms with van der Waals surface area (Å²) in [5, 5.41) is 7.94. The van der Waals surface area contributed by atoms with Crippen molar-refractivity contribution >= 4 is 11.2 Å². The Morgan fingerprint density at radius 2 is 1.76 bits per heavy atom. The van der Waals surface area contributed by atoms with E-state index in [1.165, 1.54) is 27.7 Å². The summed E-state index contributed by atoms with van der Waals surface area (Å²) < 4.78 is 41.4. The Morgan fingerprint density at radius 3 is 2.48 bits per heavy atom. The second kappa shape index (κ2) is 7.16. The summed E-state index contributed by atoms with van der Waals surface area (Å²) >= 11 is 0. The van der Waals surface area contributed by atoms with Crippen molar-refractivity contribution in [2.75, 3.05) is 0 Å². The van der Waals surface area contributed by atoms with Crippen molar-refractivity contribution in [2.24, 2.45) is 0 Å². The molecule has 0 amide bonds. The fourth-order valence-corrected chi connectivity index (χ4v) is 3.02. The van der Waals surface area contributed by atoms with E-state index < -0.39 is 17.3 Å². The van der Waals surface area contributed by atoms with E-state index >= 15 is 0 Å². The predicted octanol–water partition coefficient (Wildman–Crippen LogP) is 3.41. The summed E-state index contributed by atoms with van der Waals surface area (Å²) in [6, 6.07) is 12.7. The third-order valence-corrected chi connectivity index (χ3v) is 4.55. The van der Waals surface area contributed by atoms with Crippen LogP contribution in [0, 0.1) is 6.92 Å². The van der Waals surface area contributed by atoms with Crippen LogP contribution in [0.2, 0.25) is 0 Å². The van der Waals surface area contributed by atoms with Crippen LogP contribution in [0.15, 0.2) is 59.7 Å². The third kappa shape index (κ3) is 3.89. The Kier molecular flexibility index (Phi) is 4.65. The van der Waals surface area contributed by atoms with E-state index in [1.807, 2.05) is 31.2 Å². The van der Waals surface area contributed by atoms with Gasteiger partial charge in [-0.05, 0) is 30.2 Å². The average molecular weight is 399 g/mol. The summed E-state index contributed by atoms with van der Waals surface area (Å²) in [6.45, 7) is 2.35. The van der Waals surface area contributed by atoms with Gasteiger partial charge in [-0.25, -0.2) is 9.67 Å². The van der Waals surface area contributed by atoms with E-state index in [-0.39, 0.29) is 12.1 Å². The highest BCUT2D eigenvalue weighted by Gasteiger charge is 2.30. The molecule has 0 aliphatic carbocycles. The van der Waals surface area contributed by atoms with Crippen molar-refractivity contribution < 1.29 is 13.2 Å². The van der Waals surface area contributed by atoms with Crippen LogP contribution < -0.4 is 5.56 Å². The number of hydrogen-bond acceptors (Lipinski definition) is 4. The fraction of sp³-hybridized carbons (Fsp3) is 0.200. The highest BCUT2D eigenvalue weighted by molar-refractivity contribution is 5.67. The van der Waals surface area contributed by atoms with Crippen molar-refractivity contribution in [1.82, 2.24) is 24.5 Å². The summed E-state index contributed by atoms with van der Waals surface area (Å²) in [5.74, 6) is 0. The molecule has 0 atom stereocenters. The van der Waals surface area contributed by atoms with Crippen LogP contribution in [0.25, 0.3) is 11.2 Å². The normalized spacial score (nSPS) is 11.9. The van der Waals surface area contributed by atoms with Crippen LogP contribution in [0.4, 0.5) is 13.2 Å². The minimum absolute atomic E-state index is 0.0451. The first-order chi connectivity index (χ1) is 13.8. The zero-order chi connectivity index (χ0) is 20.6. The molecule has 148 valence electrons. The Morgan fingerprint density at radius 1 is 1.00 bits per heavy atom. The number of rotatable bonds is 4. The van der Waals surface area contributed by atoms with E-state index in [0.29, 0.717) is 17.8 Å². The first-order valence-corrected chi connectivity index (χ1v) is 8.81. The van der Waals surface area contributed by atoms with Crippen molar-refractivity contribution in [3.8, 4) is 0 Å². The van der Waals surface area contributed by atoms with Gasteiger partial charge in [-0.3, -0.25) is 9.36 Å². The van der Waals surface area contributed by atoms with Crippen LogP contribution in [-0.2, 0) is 19.3 Å². The highest BCUT2D eigenvalue weighted by atomic mass is 19.4. The molecule has 9 heteroatoms. The molecule has 0 aliphatic heterocycles. The predicted molar refractivity (Wildman–Crippen MR) is 100 cm³/mol. The molecule has 0 unspecified atom stereocenters. The molecule has 29 heavy (non-hydrogen) atoms. The lowest BCUT2D eigenvalue weighted by molar-refractivity contribution is -0.137. The number of fused-ring (bicyclic) bond motifs is 1. The number of halogens is 3. The first-order valence-electron chi connectivity index (χ1n) is 8.81. The molecular formula is C20H16F3N5O. The van der Waals surface area contributed by atoms with E-state index in [2.05, 4.69) is 15.3 Å². The van der Waals surface area contributed by atoms with E-state index in [1.54, 1.807) is 0 Å². The molecule has 0 saturated heterocycles. The van der Waals surface area contributed by atoms with Crippen LogP contribution in [0.3, 0.4) is 0 Å². The number of aromatic nitrogens is 5. The standard InChI is InChI=1S/C20H16F3N5O/c1-13-5-7-14(8-6-13)11-28-18-17(25-26-28)19(29)27(12-24-18)10-15-3-2-4-16(9-15)20(21,22)23/h2-9,12H,10-11H2,1H3. The Labute approximate surface area is 163 Å². The lowest BCUT2D eigenvalue weighted by atomic mass is 10.1. The molecule has 4 aromatic rings. The molecule has 0 aliphatic rings. The maximum absolute atomic E-state index is 12.9. The van der Waals surface area contributed by atoms with Gasteiger partial charge in [0.15, 0.2) is 11.2 Å². The van der Waals surface area contributed by atoms with Gasteiger partial charge in [0.2, 0.25) is 0 Å². The SMILES string of the molecule is Cc1ccc(Cn2nnc3c(=O)n(Cc4cccc(C(F)(F)F)c4)cnc32)cc1. The van der Waals surface area contributed by atoms with Crippen LogP contribution in [-0.4, -0.2) is 24.5 Å². The summed E-state index contributed by atoms with van der Waals surface area (Å²) in [4.78, 5) is 17.0. The van der Waals surface area contributed by atoms with Crippen molar-refractivity contribution in [2.45, 2.75) is 26.2 Å². The van der Waals surface area contributed by atoms with Gasteiger partial charge in [-0.2, -0.15) is 13.2 Å². The molecule has 0 spiro atoms. The molecule has 0 saturated carbocycles. The van der Waals surface area contributed by atoms with Crippen LogP contribution in [0.1, 0.15) is 22.3 Å². The molecule has 2 aromatic heterocycles. The zero-order valence-corrected chi connectivity index (χ0v) is 15.4. The molecule has 2 heterocycles. The number of nitrogens with zero attached hydrogens (tertiary/aromatic N) is 5. The number of aryl methyl sites for hydroxylation is 1. The van der Waals surface area contributed by atoms with E-state index in [0.717, 1.165) is 23.3 Å². The molecule has 0 radical (unpaired) electrons. The maximum Gasteiger partial charge on any atom is 0.416 e. The largest absolute Gasteiger partial charge is 0.416 e. The summed E-state index contributed by atoms with van der Waals surface area (Å²) in [6.07, 6.45) is -3.14. The average Bonchev–Trinajstić information content (AvgIpc) is 3.09. The maximum atomic E-state index is 12.9. The van der Waals surface area contributed by atoms with Gasteiger partial charge < -0.3 is 0 Å². The summed E-state index contributed by atoms with van der Waals surface area (Å²) in [5.41, 5.74) is 1.64. The number of benzene rings is 2. The zero-order valence-electron chi connectivity index (χ0n) is 15.4. The lowest BCUT2D eigenvalue weighted by Crippen LogP contribution is -2.22. The quantitative estimate of drug-likeness (QED) is 0.528. The number of alkyl halides is 3. The van der Waals surface area contributed by atoms with Gasteiger partial charge in [0, 0.05) is 0 Å². The molecule has 6 nitrogen and oxygen atoms in total. The second-order valence-electron chi connectivity index (χ2n) is 6.78. The van der Waals surface area contributed by atoms with Gasteiger partial charge in [0.05, 0.1) is 18.7 Å². The molecule has 0 bridgehead atoms. The fourth-order valence-electron chi connectivity index (χ4n) is 3.02. The van der Waals surface area contributed by atoms with E-state index in [9.17, 15) is 18.0 Å². The van der Waals surface area contributed by atoms with Gasteiger partial charge in [-0.1, -0.05) is 47.2 Å². The molecule has 4 rings (SSSR count). The van der Waals surface area contributed by atoms with Gasteiger partial charge >= 0.3 is 6.18 Å². The molecule has 0 fully saturated rings. The first kappa shape index (κ1) is 18.9. The van der Waals surface area contributed by atoms with Crippen LogP contribution >= 0.6 is 0 Å². The Balaban J connectivity index is 1.64. The minimum atomic E-state index is -4.44. The Hall–Kier alpha value is -3.49. The number of hydrogen-bond donors (Lipinski definition) is 0. The molecule has 2 aromatic carbocycles. The minimum Gasteiger partial charge on any atom is -0.293 e. The molecular weight excluding hydrogens is 383 g/mol. The highest BCUT2D eigenvalue weighted by Crippen LogP contribution is 2.29. The lowest BCUT2D eigenvalue weighted by Gasteiger charge is -2.10. The Bertz CT molecular complexity index is 1230. The summed E-state index contributed by atoms with van der Waals surface area (Å²) in [7, 11) is 0. The van der Waals surface area contributed by atoms with Gasteiger partial charge in [-0.15, -0.1) is 5.10 Å². The third-order valence-electron chi connectivity index (χ3n) is 4.55. The van der Waals surface area contributed by atoms with E-state index in [4.69, 9.17) is 0 Å². The monoisotopic (exact) mass is 399 g/mol. The van der Waals surface area contributed by atoms with Gasteiger partial charge in [0.1, 0.15) is 6.33 Å². The second-order valence-corrected chi connectivity index (χ2v) is 6.78. The smallest absolute Gasteiger partial charge is 0.293 e. The van der Waals surface area contributed by atoms with Crippen molar-refractivity contribution in [3.63, 3.8) is 0 Å². The topological polar surface area (TPSA) is 65.6 Å². The van der Waals surface area contributed by atoms with Crippen molar-refractivity contribution in [1.29, 1.82) is 0 Å². The van der Waals surface area contributed by atoms with Crippen LogP contribution in [0.5, 0.6) is 0 Å². The van der Waals surface area contributed by atoms with Crippen molar-refractivity contribution in [3.05, 3.63) is 87.5 Å².